The summed E-state index contributed by atoms with van der Waals surface area (Å²) in [6.45, 7) is 3.49. The van der Waals surface area contributed by atoms with Crippen LogP contribution in [0.15, 0.2) is 10.4 Å². The molecule has 1 aromatic heterocycles. The Hall–Kier alpha value is -0.500. The van der Waals surface area contributed by atoms with Crippen LogP contribution in [0.2, 0.25) is 0 Å². The van der Waals surface area contributed by atoms with E-state index in [4.69, 9.17) is 0 Å². The average molecular weight is 315 g/mol. The number of sulfonamides is 1. The summed E-state index contributed by atoms with van der Waals surface area (Å²) in [6, 6.07) is 0.428. The third-order valence-corrected chi connectivity index (χ3v) is 7.50. The molecule has 112 valence electrons. The van der Waals surface area contributed by atoms with E-state index in [0.29, 0.717) is 16.8 Å². The summed E-state index contributed by atoms with van der Waals surface area (Å²) >= 11 is 1.27. The minimum Gasteiger partial charge on any atom is -0.312 e. The molecule has 0 aliphatic carbocycles. The van der Waals surface area contributed by atoms with E-state index in [0.717, 1.165) is 43.7 Å². The fourth-order valence-corrected chi connectivity index (χ4v) is 6.22. The molecule has 0 saturated carbocycles. The molecule has 2 unspecified atom stereocenters. The molecule has 2 atom stereocenters. The highest BCUT2D eigenvalue weighted by molar-refractivity contribution is 7.91. The number of hydrogen-bond donors (Lipinski definition) is 1. The maximum atomic E-state index is 12.8. The van der Waals surface area contributed by atoms with Crippen LogP contribution in [0, 0.1) is 6.92 Å². The van der Waals surface area contributed by atoms with Gasteiger partial charge in [-0.1, -0.05) is 6.42 Å². The van der Waals surface area contributed by atoms with Gasteiger partial charge in [-0.2, -0.15) is 4.31 Å². The van der Waals surface area contributed by atoms with Gasteiger partial charge in [0.2, 0.25) is 0 Å². The van der Waals surface area contributed by atoms with Gasteiger partial charge in [-0.05, 0) is 39.2 Å². The lowest BCUT2D eigenvalue weighted by atomic mass is 9.97. The molecule has 2 saturated heterocycles. The maximum absolute atomic E-state index is 12.8. The van der Waals surface area contributed by atoms with E-state index >= 15 is 0 Å². The number of piperidine rings is 1. The number of aromatic nitrogens is 1. The van der Waals surface area contributed by atoms with Gasteiger partial charge in [0.1, 0.15) is 0 Å². The molecule has 3 rings (SSSR count). The first-order chi connectivity index (χ1) is 9.59. The molecule has 1 aromatic rings. The molecule has 5 nitrogen and oxygen atoms in total. The molecule has 0 radical (unpaired) electrons. The predicted molar refractivity (Wildman–Crippen MR) is 79.4 cm³/mol. The van der Waals surface area contributed by atoms with E-state index in [1.807, 2.05) is 6.92 Å². The SMILES string of the molecule is Cc1ncc(S(=O)(=O)N2CCCCC2C2CCCN2)s1. The summed E-state index contributed by atoms with van der Waals surface area (Å²) in [7, 11) is -3.38. The summed E-state index contributed by atoms with van der Waals surface area (Å²) in [4.78, 5) is 4.10. The molecule has 0 spiro atoms. The van der Waals surface area contributed by atoms with Gasteiger partial charge in [0.05, 0.1) is 11.2 Å². The Balaban J connectivity index is 1.88. The van der Waals surface area contributed by atoms with Crippen LogP contribution in [-0.2, 0) is 10.0 Å². The molecule has 20 heavy (non-hydrogen) atoms. The van der Waals surface area contributed by atoms with Gasteiger partial charge in [-0.25, -0.2) is 13.4 Å². The van der Waals surface area contributed by atoms with Gasteiger partial charge in [-0.3, -0.25) is 0 Å². The molecule has 0 bridgehead atoms. The zero-order chi connectivity index (χ0) is 14.2. The van der Waals surface area contributed by atoms with Gasteiger partial charge in [0.15, 0.2) is 4.21 Å². The maximum Gasteiger partial charge on any atom is 0.254 e. The van der Waals surface area contributed by atoms with Crippen molar-refractivity contribution in [2.75, 3.05) is 13.1 Å². The van der Waals surface area contributed by atoms with Crippen molar-refractivity contribution in [3.63, 3.8) is 0 Å². The van der Waals surface area contributed by atoms with Gasteiger partial charge >= 0.3 is 0 Å². The van der Waals surface area contributed by atoms with Gasteiger partial charge < -0.3 is 5.32 Å². The van der Waals surface area contributed by atoms with E-state index in [-0.39, 0.29) is 6.04 Å². The lowest BCUT2D eigenvalue weighted by Gasteiger charge is -2.37. The van der Waals surface area contributed by atoms with Crippen molar-refractivity contribution in [1.82, 2.24) is 14.6 Å². The van der Waals surface area contributed by atoms with Gasteiger partial charge in [-0.15, -0.1) is 11.3 Å². The van der Waals surface area contributed by atoms with Crippen molar-refractivity contribution < 1.29 is 8.42 Å². The molecule has 3 heterocycles. The van der Waals surface area contributed by atoms with Crippen LogP contribution < -0.4 is 5.32 Å². The first-order valence-electron chi connectivity index (χ1n) is 7.27. The third-order valence-electron chi connectivity index (χ3n) is 4.22. The Morgan fingerprint density at radius 1 is 1.35 bits per heavy atom. The molecule has 0 aromatic carbocycles. The number of nitrogens with one attached hydrogen (secondary N) is 1. The molecule has 0 amide bonds. The first-order valence-corrected chi connectivity index (χ1v) is 9.52. The largest absolute Gasteiger partial charge is 0.312 e. The molecule has 7 heteroatoms. The van der Waals surface area contributed by atoms with Crippen molar-refractivity contribution in [3.05, 3.63) is 11.2 Å². The van der Waals surface area contributed by atoms with E-state index in [9.17, 15) is 8.42 Å². The normalized spacial score (nSPS) is 28.9. The number of thiazole rings is 1. The molecule has 1 N–H and O–H groups in total. The molecular formula is C13H21N3O2S2. The molecule has 2 fully saturated rings. The van der Waals surface area contributed by atoms with Crippen molar-refractivity contribution in [3.8, 4) is 0 Å². The highest BCUT2D eigenvalue weighted by atomic mass is 32.2. The highest BCUT2D eigenvalue weighted by Crippen LogP contribution is 2.31. The summed E-state index contributed by atoms with van der Waals surface area (Å²) in [5, 5.41) is 4.27. The van der Waals surface area contributed by atoms with Crippen molar-refractivity contribution in [2.24, 2.45) is 0 Å². The topological polar surface area (TPSA) is 62.3 Å². The lowest BCUT2D eigenvalue weighted by molar-refractivity contribution is 0.211. The highest BCUT2D eigenvalue weighted by Gasteiger charge is 2.39. The van der Waals surface area contributed by atoms with E-state index in [2.05, 4.69) is 10.3 Å². The standard InChI is InChI=1S/C13H21N3O2S2/c1-10-15-9-13(19-10)20(17,18)16-8-3-2-6-12(16)11-5-4-7-14-11/h9,11-12,14H,2-8H2,1H3. The van der Waals surface area contributed by atoms with Crippen LogP contribution in [0.3, 0.4) is 0 Å². The zero-order valence-corrected chi connectivity index (χ0v) is 13.3. The van der Waals surface area contributed by atoms with Crippen molar-refractivity contribution >= 4 is 21.4 Å². The second kappa shape index (κ2) is 5.71. The van der Waals surface area contributed by atoms with Crippen LogP contribution in [0.4, 0.5) is 0 Å². The van der Waals surface area contributed by atoms with Crippen molar-refractivity contribution in [2.45, 2.75) is 55.3 Å². The summed E-state index contributed by atoms with van der Waals surface area (Å²) in [5.74, 6) is 0. The Morgan fingerprint density at radius 2 is 2.20 bits per heavy atom. The second-order valence-corrected chi connectivity index (χ2v) is 8.93. The third kappa shape index (κ3) is 2.64. The van der Waals surface area contributed by atoms with E-state index in [1.165, 1.54) is 17.5 Å². The minimum atomic E-state index is -3.38. The Morgan fingerprint density at radius 3 is 2.85 bits per heavy atom. The zero-order valence-electron chi connectivity index (χ0n) is 11.7. The quantitative estimate of drug-likeness (QED) is 0.923. The Labute approximate surface area is 124 Å². The van der Waals surface area contributed by atoms with Crippen LogP contribution in [0.5, 0.6) is 0 Å². The van der Waals surface area contributed by atoms with E-state index < -0.39 is 10.0 Å². The number of nitrogens with zero attached hydrogens (tertiary/aromatic N) is 2. The van der Waals surface area contributed by atoms with Crippen LogP contribution in [-0.4, -0.2) is 42.9 Å². The van der Waals surface area contributed by atoms with Gasteiger partial charge in [0.25, 0.3) is 10.0 Å². The first kappa shape index (κ1) is 14.4. The summed E-state index contributed by atoms with van der Waals surface area (Å²) < 4.78 is 27.8. The van der Waals surface area contributed by atoms with E-state index in [1.54, 1.807) is 4.31 Å². The smallest absolute Gasteiger partial charge is 0.254 e. The monoisotopic (exact) mass is 315 g/mol. The summed E-state index contributed by atoms with van der Waals surface area (Å²) in [5.41, 5.74) is 0. The molecular weight excluding hydrogens is 294 g/mol. The van der Waals surface area contributed by atoms with Crippen LogP contribution in [0.1, 0.15) is 37.1 Å². The molecule has 2 aliphatic rings. The Kier molecular flexibility index (Phi) is 4.12. The molecule has 2 aliphatic heterocycles. The number of aryl methyl sites for hydroxylation is 1. The summed E-state index contributed by atoms with van der Waals surface area (Å²) in [6.07, 6.45) is 6.78. The van der Waals surface area contributed by atoms with Crippen molar-refractivity contribution in [1.29, 1.82) is 0 Å². The van der Waals surface area contributed by atoms with Crippen LogP contribution >= 0.6 is 11.3 Å². The lowest BCUT2D eigenvalue weighted by Crippen LogP contribution is -2.52. The second-order valence-electron chi connectivity index (χ2n) is 5.58. The number of hydrogen-bond acceptors (Lipinski definition) is 5. The van der Waals surface area contributed by atoms with Crippen LogP contribution in [0.25, 0.3) is 0 Å². The Bertz CT molecular complexity index is 564. The van der Waals surface area contributed by atoms with Gasteiger partial charge in [0, 0.05) is 18.6 Å². The fourth-order valence-electron chi connectivity index (χ4n) is 3.25. The minimum absolute atomic E-state index is 0.110. The number of rotatable bonds is 3. The fraction of sp³-hybridized carbons (Fsp3) is 0.769. The average Bonchev–Trinajstić information content (AvgIpc) is 3.10. The predicted octanol–water partition coefficient (Wildman–Crippen LogP) is 1.75.